The largest absolute Gasteiger partial charge is 0.484 e. The van der Waals surface area contributed by atoms with Crippen LogP contribution in [0.1, 0.15) is 16.1 Å². The van der Waals surface area contributed by atoms with Gasteiger partial charge in [0.2, 0.25) is 0 Å². The number of alkyl halides is 3. The predicted molar refractivity (Wildman–Crippen MR) is 67.9 cm³/mol. The van der Waals surface area contributed by atoms with Gasteiger partial charge in [-0.15, -0.1) is 0 Å². The van der Waals surface area contributed by atoms with E-state index in [1.54, 1.807) is 18.2 Å². The minimum absolute atomic E-state index is 0.119. The molecule has 0 atom stereocenters. The molecule has 2 rings (SSSR count). The summed E-state index contributed by atoms with van der Waals surface area (Å²) in [4.78, 5) is 11.6. The maximum atomic E-state index is 12.0. The van der Waals surface area contributed by atoms with E-state index in [1.165, 1.54) is 24.5 Å². The number of carbonyl (C=O) groups is 1. The molecule has 0 aliphatic carbocycles. The van der Waals surface area contributed by atoms with Crippen molar-refractivity contribution >= 4 is 5.91 Å². The van der Waals surface area contributed by atoms with Crippen LogP contribution in [0.25, 0.3) is 0 Å². The zero-order valence-corrected chi connectivity index (χ0v) is 10.8. The van der Waals surface area contributed by atoms with Gasteiger partial charge < -0.3 is 14.5 Å². The Morgan fingerprint density at radius 3 is 2.48 bits per heavy atom. The summed E-state index contributed by atoms with van der Waals surface area (Å²) in [5.74, 6) is -0.0500. The minimum atomic E-state index is -4.37. The van der Waals surface area contributed by atoms with Crippen LogP contribution in [0.2, 0.25) is 0 Å². The lowest BCUT2D eigenvalue weighted by molar-refractivity contribution is -0.153. The minimum Gasteiger partial charge on any atom is -0.484 e. The molecule has 1 N–H and O–H groups in total. The van der Waals surface area contributed by atoms with Gasteiger partial charge >= 0.3 is 6.18 Å². The van der Waals surface area contributed by atoms with Crippen molar-refractivity contribution in [3.63, 3.8) is 0 Å². The second-order valence-corrected chi connectivity index (χ2v) is 4.21. The van der Waals surface area contributed by atoms with Crippen LogP contribution >= 0.6 is 0 Å². The van der Waals surface area contributed by atoms with Crippen molar-refractivity contribution in [2.75, 3.05) is 6.61 Å². The monoisotopic (exact) mass is 299 g/mol. The quantitative estimate of drug-likeness (QED) is 0.922. The Morgan fingerprint density at radius 2 is 1.90 bits per heavy atom. The molecule has 0 aliphatic heterocycles. The Labute approximate surface area is 118 Å². The van der Waals surface area contributed by atoms with E-state index >= 15 is 0 Å². The summed E-state index contributed by atoms with van der Waals surface area (Å²) >= 11 is 0. The third-order valence-corrected chi connectivity index (χ3v) is 2.52. The van der Waals surface area contributed by atoms with E-state index in [4.69, 9.17) is 4.42 Å². The number of amides is 1. The van der Waals surface area contributed by atoms with E-state index in [9.17, 15) is 18.0 Å². The molecular weight excluding hydrogens is 287 g/mol. The Bertz CT molecular complexity index is 577. The molecule has 0 radical (unpaired) electrons. The first kappa shape index (κ1) is 15.0. The summed E-state index contributed by atoms with van der Waals surface area (Å²) in [5.41, 5.74) is 0.731. The molecule has 4 nitrogen and oxygen atoms in total. The smallest absolute Gasteiger partial charge is 0.422 e. The van der Waals surface area contributed by atoms with Gasteiger partial charge in [-0.3, -0.25) is 4.79 Å². The highest BCUT2D eigenvalue weighted by Gasteiger charge is 2.28. The van der Waals surface area contributed by atoms with E-state index in [1.807, 2.05) is 0 Å². The van der Waals surface area contributed by atoms with Crippen molar-refractivity contribution in [3.05, 3.63) is 54.0 Å². The van der Waals surface area contributed by atoms with E-state index in [0.29, 0.717) is 0 Å². The Hall–Kier alpha value is -2.44. The molecule has 0 aliphatic rings. The summed E-state index contributed by atoms with van der Waals surface area (Å²) in [6, 6.07) is 9.12. The van der Waals surface area contributed by atoms with E-state index in [0.717, 1.165) is 5.56 Å². The van der Waals surface area contributed by atoms with Gasteiger partial charge in [0.05, 0.1) is 6.26 Å². The molecule has 0 saturated heterocycles. The van der Waals surface area contributed by atoms with E-state index in [2.05, 4.69) is 10.1 Å². The summed E-state index contributed by atoms with van der Waals surface area (Å²) in [6.07, 6.45) is -2.97. The molecule has 2 aromatic rings. The predicted octanol–water partition coefficient (Wildman–Crippen LogP) is 3.15. The number of halogens is 3. The fourth-order valence-corrected chi connectivity index (χ4v) is 1.55. The number of ether oxygens (including phenoxy) is 1. The van der Waals surface area contributed by atoms with Crippen molar-refractivity contribution in [3.8, 4) is 5.75 Å². The average Bonchev–Trinajstić information content (AvgIpc) is 2.97. The number of carbonyl (C=O) groups excluding carboxylic acids is 1. The molecule has 1 aromatic heterocycles. The topological polar surface area (TPSA) is 51.5 Å². The average molecular weight is 299 g/mol. The first-order valence-corrected chi connectivity index (χ1v) is 6.04. The number of rotatable bonds is 5. The van der Waals surface area contributed by atoms with Gasteiger partial charge in [0.1, 0.15) is 5.75 Å². The zero-order chi connectivity index (χ0) is 15.3. The molecule has 21 heavy (non-hydrogen) atoms. The number of benzene rings is 1. The van der Waals surface area contributed by atoms with Crippen molar-refractivity contribution < 1.29 is 27.1 Å². The fourth-order valence-electron chi connectivity index (χ4n) is 1.55. The van der Waals surface area contributed by atoms with Crippen LogP contribution in [0.15, 0.2) is 47.1 Å². The van der Waals surface area contributed by atoms with E-state index < -0.39 is 12.8 Å². The third kappa shape index (κ3) is 4.87. The molecule has 0 saturated carbocycles. The van der Waals surface area contributed by atoms with Crippen LogP contribution in [-0.4, -0.2) is 18.7 Å². The fraction of sp³-hybridized carbons (Fsp3) is 0.214. The van der Waals surface area contributed by atoms with Gasteiger partial charge in [-0.05, 0) is 29.8 Å². The van der Waals surface area contributed by atoms with Crippen molar-refractivity contribution in [1.82, 2.24) is 5.32 Å². The van der Waals surface area contributed by atoms with Crippen LogP contribution in [0.5, 0.6) is 5.75 Å². The maximum Gasteiger partial charge on any atom is 0.422 e. The molecule has 112 valence electrons. The van der Waals surface area contributed by atoms with Gasteiger partial charge in [0.15, 0.2) is 12.4 Å². The Morgan fingerprint density at radius 1 is 1.19 bits per heavy atom. The van der Waals surface area contributed by atoms with Gasteiger partial charge in [-0.2, -0.15) is 13.2 Å². The number of hydrogen-bond acceptors (Lipinski definition) is 3. The van der Waals surface area contributed by atoms with Gasteiger partial charge in [-0.25, -0.2) is 0 Å². The Balaban J connectivity index is 1.84. The summed E-state index contributed by atoms with van der Waals surface area (Å²) in [6.45, 7) is -1.10. The van der Waals surface area contributed by atoms with Crippen molar-refractivity contribution in [2.24, 2.45) is 0 Å². The third-order valence-electron chi connectivity index (χ3n) is 2.52. The highest BCUT2D eigenvalue weighted by Crippen LogP contribution is 2.18. The molecule has 0 unspecified atom stereocenters. The van der Waals surface area contributed by atoms with Crippen molar-refractivity contribution in [2.45, 2.75) is 12.7 Å². The normalized spacial score (nSPS) is 11.2. The van der Waals surface area contributed by atoms with Gasteiger partial charge in [0, 0.05) is 6.54 Å². The molecule has 0 spiro atoms. The van der Waals surface area contributed by atoms with Gasteiger partial charge in [-0.1, -0.05) is 12.1 Å². The Kier molecular flexibility index (Phi) is 4.52. The summed E-state index contributed by atoms with van der Waals surface area (Å²) < 4.78 is 45.5. The van der Waals surface area contributed by atoms with Crippen LogP contribution in [0.3, 0.4) is 0 Å². The first-order chi connectivity index (χ1) is 9.94. The molecule has 1 aromatic carbocycles. The van der Waals surface area contributed by atoms with Crippen LogP contribution < -0.4 is 10.1 Å². The van der Waals surface area contributed by atoms with E-state index in [-0.39, 0.29) is 24.0 Å². The highest BCUT2D eigenvalue weighted by atomic mass is 19.4. The zero-order valence-electron chi connectivity index (χ0n) is 10.8. The lowest BCUT2D eigenvalue weighted by Crippen LogP contribution is -2.22. The molecule has 0 bridgehead atoms. The molecule has 7 heteroatoms. The number of furan rings is 1. The van der Waals surface area contributed by atoms with Crippen LogP contribution in [-0.2, 0) is 6.54 Å². The maximum absolute atomic E-state index is 12.0. The number of hydrogen-bond donors (Lipinski definition) is 1. The molecule has 1 heterocycles. The summed E-state index contributed by atoms with van der Waals surface area (Å²) in [7, 11) is 0. The molecule has 0 fully saturated rings. The SMILES string of the molecule is O=C(NCc1ccc(OCC(F)(F)F)cc1)c1ccco1. The van der Waals surface area contributed by atoms with Crippen LogP contribution in [0.4, 0.5) is 13.2 Å². The standard InChI is InChI=1S/C14H12F3NO3/c15-14(16,17)9-21-11-5-3-10(4-6-11)8-18-13(19)12-2-1-7-20-12/h1-7H,8-9H2,(H,18,19). The van der Waals surface area contributed by atoms with Crippen LogP contribution in [0, 0.1) is 0 Å². The first-order valence-electron chi connectivity index (χ1n) is 6.04. The second-order valence-electron chi connectivity index (χ2n) is 4.21. The molecule has 1 amide bonds. The second kappa shape index (κ2) is 6.34. The summed E-state index contributed by atoms with van der Waals surface area (Å²) in [5, 5.41) is 2.62. The number of nitrogens with one attached hydrogen (secondary N) is 1. The lowest BCUT2D eigenvalue weighted by Gasteiger charge is -2.09. The van der Waals surface area contributed by atoms with Crippen molar-refractivity contribution in [1.29, 1.82) is 0 Å². The molecular formula is C14H12F3NO3. The van der Waals surface area contributed by atoms with Gasteiger partial charge in [0.25, 0.3) is 5.91 Å². The highest BCUT2D eigenvalue weighted by molar-refractivity contribution is 5.91. The lowest BCUT2D eigenvalue weighted by atomic mass is 10.2.